The molecule has 18 heavy (non-hydrogen) atoms. The molecule has 0 unspecified atom stereocenters. The van der Waals surface area contributed by atoms with E-state index in [0.717, 1.165) is 6.92 Å². The third kappa shape index (κ3) is 3.08. The second-order valence-corrected chi connectivity index (χ2v) is 3.37. The van der Waals surface area contributed by atoms with Crippen LogP contribution in [-0.2, 0) is 6.18 Å². The molecule has 2 N–H and O–H groups in total. The van der Waals surface area contributed by atoms with Crippen LogP contribution < -0.4 is 10.5 Å². The summed E-state index contributed by atoms with van der Waals surface area (Å²) in [6.45, 7) is -2.37. The molecule has 3 nitrogen and oxygen atoms in total. The van der Waals surface area contributed by atoms with Crippen molar-refractivity contribution in [2.75, 3.05) is 5.73 Å². The molecular formula is C10H8F5NO2. The van der Waals surface area contributed by atoms with E-state index < -0.39 is 41.1 Å². The van der Waals surface area contributed by atoms with Gasteiger partial charge >= 0.3 is 12.8 Å². The molecule has 0 amide bonds. The minimum atomic E-state index is -4.79. The smallest absolute Gasteiger partial charge is 0.416 e. The number of carbonyl (C=O) groups excluding carboxylic acids is 1. The van der Waals surface area contributed by atoms with Gasteiger partial charge in [-0.3, -0.25) is 4.79 Å². The van der Waals surface area contributed by atoms with Gasteiger partial charge in [0.05, 0.1) is 11.3 Å². The van der Waals surface area contributed by atoms with Crippen LogP contribution >= 0.6 is 0 Å². The third-order valence-corrected chi connectivity index (χ3v) is 2.06. The van der Waals surface area contributed by atoms with Gasteiger partial charge in [-0.15, -0.1) is 0 Å². The molecule has 1 aromatic carbocycles. The number of ether oxygens (including phenoxy) is 1. The number of Topliss-reactive ketones (excluding diaryl/α,β-unsaturated/α-hetero) is 1. The van der Waals surface area contributed by atoms with Crippen molar-refractivity contribution in [1.82, 2.24) is 0 Å². The number of hydrogen-bond donors (Lipinski definition) is 1. The summed E-state index contributed by atoms with van der Waals surface area (Å²) in [4.78, 5) is 11.1. The molecule has 0 saturated carbocycles. The Morgan fingerprint density at radius 2 is 1.89 bits per heavy atom. The normalized spacial score (nSPS) is 11.7. The van der Waals surface area contributed by atoms with Crippen molar-refractivity contribution in [2.24, 2.45) is 0 Å². The molecule has 0 aliphatic rings. The van der Waals surface area contributed by atoms with Crippen molar-refractivity contribution in [2.45, 2.75) is 19.7 Å². The van der Waals surface area contributed by atoms with E-state index in [2.05, 4.69) is 4.74 Å². The van der Waals surface area contributed by atoms with Gasteiger partial charge in [-0.1, -0.05) is 0 Å². The van der Waals surface area contributed by atoms with E-state index in [-0.39, 0.29) is 0 Å². The van der Waals surface area contributed by atoms with Crippen LogP contribution in [0.4, 0.5) is 27.6 Å². The Labute approximate surface area is 98.3 Å². The van der Waals surface area contributed by atoms with Gasteiger partial charge in [-0.05, 0) is 19.1 Å². The molecule has 0 aliphatic carbocycles. The number of nitrogens with two attached hydrogens (primary N) is 1. The number of anilines is 1. The molecule has 0 spiro atoms. The Bertz CT molecular complexity index is 470. The number of halogens is 5. The van der Waals surface area contributed by atoms with Gasteiger partial charge in [0.25, 0.3) is 0 Å². The molecule has 0 aliphatic heterocycles. The molecule has 1 aromatic rings. The first-order chi connectivity index (χ1) is 8.12. The first-order valence-electron chi connectivity index (χ1n) is 4.59. The highest BCUT2D eigenvalue weighted by molar-refractivity contribution is 6.00. The standard InChI is InChI=1S/C10H8F5NO2/c1-4(17)6-2-5(10(13,14)15)3-7(8(6)16)18-9(11)12/h2-3,9H,16H2,1H3. The van der Waals surface area contributed by atoms with Crippen LogP contribution in [0.2, 0.25) is 0 Å². The first-order valence-corrected chi connectivity index (χ1v) is 4.59. The van der Waals surface area contributed by atoms with Gasteiger partial charge in [0.15, 0.2) is 5.78 Å². The summed E-state index contributed by atoms with van der Waals surface area (Å²) in [5, 5.41) is 0. The number of benzene rings is 1. The van der Waals surface area contributed by atoms with Gasteiger partial charge < -0.3 is 10.5 Å². The van der Waals surface area contributed by atoms with Gasteiger partial charge in [-0.2, -0.15) is 22.0 Å². The summed E-state index contributed by atoms with van der Waals surface area (Å²) in [5.74, 6) is -1.65. The maximum Gasteiger partial charge on any atom is 0.416 e. The number of nitrogen functional groups attached to an aromatic ring is 1. The van der Waals surface area contributed by atoms with Crippen LogP contribution in [0, 0.1) is 0 Å². The average molecular weight is 269 g/mol. The number of alkyl halides is 5. The predicted molar refractivity (Wildman–Crippen MR) is 52.5 cm³/mol. The summed E-state index contributed by atoms with van der Waals surface area (Å²) >= 11 is 0. The Kier molecular flexibility index (Phi) is 3.78. The van der Waals surface area contributed by atoms with Gasteiger partial charge in [0, 0.05) is 5.56 Å². The lowest BCUT2D eigenvalue weighted by Crippen LogP contribution is -2.12. The summed E-state index contributed by atoms with van der Waals surface area (Å²) in [6.07, 6.45) is -4.79. The number of hydrogen-bond acceptors (Lipinski definition) is 3. The Hall–Kier alpha value is -1.86. The zero-order valence-electron chi connectivity index (χ0n) is 9.02. The molecule has 0 saturated heterocycles. The topological polar surface area (TPSA) is 52.3 Å². The van der Waals surface area contributed by atoms with Crippen molar-refractivity contribution >= 4 is 11.5 Å². The highest BCUT2D eigenvalue weighted by atomic mass is 19.4. The van der Waals surface area contributed by atoms with Gasteiger partial charge in [0.1, 0.15) is 5.75 Å². The number of ketones is 1. The van der Waals surface area contributed by atoms with E-state index in [4.69, 9.17) is 5.73 Å². The maximum atomic E-state index is 12.5. The van der Waals surface area contributed by atoms with Crippen molar-refractivity contribution < 1.29 is 31.5 Å². The van der Waals surface area contributed by atoms with E-state index in [9.17, 15) is 26.7 Å². The van der Waals surface area contributed by atoms with Gasteiger partial charge in [-0.25, -0.2) is 0 Å². The van der Waals surface area contributed by atoms with E-state index in [1.165, 1.54) is 0 Å². The number of carbonyl (C=O) groups is 1. The molecule has 0 radical (unpaired) electrons. The highest BCUT2D eigenvalue weighted by Gasteiger charge is 2.33. The molecule has 100 valence electrons. The van der Waals surface area contributed by atoms with Gasteiger partial charge in [0.2, 0.25) is 0 Å². The quantitative estimate of drug-likeness (QED) is 0.521. The van der Waals surface area contributed by atoms with Crippen molar-refractivity contribution in [1.29, 1.82) is 0 Å². The fourth-order valence-corrected chi connectivity index (χ4v) is 1.28. The first kappa shape index (κ1) is 14.2. The van der Waals surface area contributed by atoms with Crippen molar-refractivity contribution in [3.05, 3.63) is 23.3 Å². The van der Waals surface area contributed by atoms with Crippen LogP contribution in [0.1, 0.15) is 22.8 Å². The molecule has 0 bridgehead atoms. The SMILES string of the molecule is CC(=O)c1cc(C(F)(F)F)cc(OC(F)F)c1N. The molecule has 1 rings (SSSR count). The minimum Gasteiger partial charge on any atom is -0.433 e. The fraction of sp³-hybridized carbons (Fsp3) is 0.300. The third-order valence-electron chi connectivity index (χ3n) is 2.06. The van der Waals surface area contributed by atoms with E-state index in [1.54, 1.807) is 0 Å². The monoisotopic (exact) mass is 269 g/mol. The molecule has 8 heteroatoms. The summed E-state index contributed by atoms with van der Waals surface area (Å²) in [6, 6.07) is 0.823. The lowest BCUT2D eigenvalue weighted by molar-refractivity contribution is -0.138. The molecule has 0 atom stereocenters. The lowest BCUT2D eigenvalue weighted by Gasteiger charge is -2.14. The Morgan fingerprint density at radius 1 is 1.33 bits per heavy atom. The predicted octanol–water partition coefficient (Wildman–Crippen LogP) is 3.09. The zero-order chi connectivity index (χ0) is 14.1. The molecule has 0 aromatic heterocycles. The van der Waals surface area contributed by atoms with Crippen LogP contribution in [0.3, 0.4) is 0 Å². The minimum absolute atomic E-state index is 0.327. The van der Waals surface area contributed by atoms with Crippen LogP contribution in [0.15, 0.2) is 12.1 Å². The Balaban J connectivity index is 3.42. The van der Waals surface area contributed by atoms with Crippen molar-refractivity contribution in [3.63, 3.8) is 0 Å². The van der Waals surface area contributed by atoms with Crippen LogP contribution in [-0.4, -0.2) is 12.4 Å². The zero-order valence-corrected chi connectivity index (χ0v) is 9.02. The highest BCUT2D eigenvalue weighted by Crippen LogP contribution is 2.37. The second-order valence-electron chi connectivity index (χ2n) is 3.37. The maximum absolute atomic E-state index is 12.5. The van der Waals surface area contributed by atoms with E-state index >= 15 is 0 Å². The molecule has 0 fully saturated rings. The second kappa shape index (κ2) is 4.79. The molecule has 0 heterocycles. The molecular weight excluding hydrogens is 261 g/mol. The fourth-order valence-electron chi connectivity index (χ4n) is 1.28. The lowest BCUT2D eigenvalue weighted by atomic mass is 10.0. The van der Waals surface area contributed by atoms with Crippen LogP contribution in [0.25, 0.3) is 0 Å². The average Bonchev–Trinajstić information content (AvgIpc) is 2.18. The van der Waals surface area contributed by atoms with E-state index in [1.807, 2.05) is 0 Å². The summed E-state index contributed by atoms with van der Waals surface area (Å²) in [5.41, 5.74) is 2.96. The summed E-state index contributed by atoms with van der Waals surface area (Å²) in [7, 11) is 0. The largest absolute Gasteiger partial charge is 0.433 e. The van der Waals surface area contributed by atoms with Crippen LogP contribution in [0.5, 0.6) is 5.75 Å². The summed E-state index contributed by atoms with van der Waals surface area (Å²) < 4.78 is 65.4. The van der Waals surface area contributed by atoms with E-state index in [0.29, 0.717) is 12.1 Å². The van der Waals surface area contributed by atoms with Crippen molar-refractivity contribution in [3.8, 4) is 5.75 Å². The Morgan fingerprint density at radius 3 is 2.28 bits per heavy atom. The number of rotatable bonds is 3.